The predicted octanol–water partition coefficient (Wildman–Crippen LogP) is 6.10. The Labute approximate surface area is 250 Å². The summed E-state index contributed by atoms with van der Waals surface area (Å²) in [4.78, 5) is 30.3. The van der Waals surface area contributed by atoms with Crippen molar-refractivity contribution in [1.82, 2.24) is 14.9 Å². The molecule has 2 N–H and O–H groups in total. The molecule has 0 fully saturated rings. The summed E-state index contributed by atoms with van der Waals surface area (Å²) < 4.78 is 30.1. The lowest BCUT2D eigenvalue weighted by atomic mass is 9.86. The number of carbonyl (C=O) groups is 2. The van der Waals surface area contributed by atoms with Crippen LogP contribution < -0.4 is 14.8 Å². The van der Waals surface area contributed by atoms with Gasteiger partial charge in [0.05, 0.1) is 13.0 Å². The van der Waals surface area contributed by atoms with Crippen molar-refractivity contribution in [2.45, 2.75) is 65.9 Å². The van der Waals surface area contributed by atoms with E-state index in [-0.39, 0.29) is 23.8 Å². The van der Waals surface area contributed by atoms with Gasteiger partial charge in [-0.25, -0.2) is 4.98 Å². The van der Waals surface area contributed by atoms with Crippen LogP contribution in [0.25, 0.3) is 22.2 Å². The molecule has 3 heterocycles. The molecule has 0 saturated carbocycles. The highest BCUT2D eigenvalue weighted by Crippen LogP contribution is 2.49. The van der Waals surface area contributed by atoms with Gasteiger partial charge in [0.15, 0.2) is 11.5 Å². The number of pyridine rings is 1. The molecule has 2 aromatic heterocycles. The standard InChI is InChI=1S/C34H38FN3O5/c1-19-22-13-10-16-42-30(22)29(35)31(43-34(3,4)5)27(19)28-23(18-26(39)40)20(2)37-32-24(28)17-25(38(32)6)33(41)36-15-14-21-11-8-7-9-12-21/h7-9,11-12,17H,10,13-16,18H2,1-6H3,(H,36,41)(H,39,40). The van der Waals surface area contributed by atoms with Crippen molar-refractivity contribution in [1.29, 1.82) is 0 Å². The van der Waals surface area contributed by atoms with Gasteiger partial charge < -0.3 is 24.5 Å². The summed E-state index contributed by atoms with van der Waals surface area (Å²) >= 11 is 0. The fourth-order valence-corrected chi connectivity index (χ4v) is 5.82. The van der Waals surface area contributed by atoms with Gasteiger partial charge in [0.2, 0.25) is 5.82 Å². The van der Waals surface area contributed by atoms with E-state index in [4.69, 9.17) is 14.5 Å². The fourth-order valence-electron chi connectivity index (χ4n) is 5.82. The highest BCUT2D eigenvalue weighted by molar-refractivity contribution is 6.05. The van der Waals surface area contributed by atoms with E-state index >= 15 is 4.39 Å². The van der Waals surface area contributed by atoms with Crippen LogP contribution in [0.15, 0.2) is 36.4 Å². The average molecular weight is 588 g/mol. The Balaban J connectivity index is 1.73. The molecule has 5 rings (SSSR count). The molecule has 0 radical (unpaired) electrons. The van der Waals surface area contributed by atoms with Gasteiger partial charge in [0.1, 0.15) is 16.9 Å². The molecule has 226 valence electrons. The van der Waals surface area contributed by atoms with E-state index in [1.165, 1.54) is 0 Å². The number of amides is 1. The summed E-state index contributed by atoms with van der Waals surface area (Å²) in [6.45, 7) is 9.97. The quantitative estimate of drug-likeness (QED) is 0.258. The largest absolute Gasteiger partial charge is 0.490 e. The third kappa shape index (κ3) is 5.94. The van der Waals surface area contributed by atoms with Crippen LogP contribution in [0, 0.1) is 19.7 Å². The summed E-state index contributed by atoms with van der Waals surface area (Å²) in [7, 11) is 1.75. The number of aryl methyl sites for hydroxylation is 2. The van der Waals surface area contributed by atoms with E-state index in [0.29, 0.717) is 65.1 Å². The fraction of sp³-hybridized carbons (Fsp3) is 0.382. The number of nitrogens with one attached hydrogen (secondary N) is 1. The molecule has 0 unspecified atom stereocenters. The maximum atomic E-state index is 16.3. The van der Waals surface area contributed by atoms with Gasteiger partial charge in [-0.1, -0.05) is 30.3 Å². The third-order valence-corrected chi connectivity index (χ3v) is 7.79. The van der Waals surface area contributed by atoms with Crippen LogP contribution in [0.5, 0.6) is 11.5 Å². The molecule has 43 heavy (non-hydrogen) atoms. The van der Waals surface area contributed by atoms with Crippen LogP contribution >= 0.6 is 0 Å². The normalized spacial score (nSPS) is 13.0. The number of carboxylic acid groups (broad SMARTS) is 1. The molecule has 0 atom stereocenters. The number of rotatable bonds is 8. The molecule has 0 saturated heterocycles. The third-order valence-electron chi connectivity index (χ3n) is 7.79. The molecule has 2 aromatic carbocycles. The summed E-state index contributed by atoms with van der Waals surface area (Å²) in [5.74, 6) is -1.75. The molecule has 8 nitrogen and oxygen atoms in total. The Hall–Kier alpha value is -4.40. The second kappa shape index (κ2) is 11.7. The molecular formula is C34H38FN3O5. The van der Waals surface area contributed by atoms with E-state index in [0.717, 1.165) is 23.1 Å². The number of ether oxygens (including phenoxy) is 2. The van der Waals surface area contributed by atoms with E-state index in [9.17, 15) is 14.7 Å². The molecule has 4 aromatic rings. The number of aliphatic carboxylic acids is 1. The SMILES string of the molecule is Cc1nc2c(cc(C(=O)NCCc3ccccc3)n2C)c(-c2c(C)c3c(c(F)c2OC(C)(C)C)OCCC3)c1CC(=O)O. The van der Waals surface area contributed by atoms with E-state index < -0.39 is 17.4 Å². The number of nitrogens with zero attached hydrogens (tertiary/aromatic N) is 2. The Morgan fingerprint density at radius 2 is 1.88 bits per heavy atom. The number of hydrogen-bond acceptors (Lipinski definition) is 5. The Bertz CT molecular complexity index is 1720. The number of carbonyl (C=O) groups excluding carboxylic acids is 1. The first-order valence-electron chi connectivity index (χ1n) is 14.6. The zero-order valence-corrected chi connectivity index (χ0v) is 25.6. The van der Waals surface area contributed by atoms with Gasteiger partial charge in [0, 0.05) is 41.4 Å². The second-order valence-electron chi connectivity index (χ2n) is 12.1. The maximum Gasteiger partial charge on any atom is 0.307 e. The van der Waals surface area contributed by atoms with Gasteiger partial charge in [0.25, 0.3) is 5.91 Å². The molecule has 0 bridgehead atoms. The molecule has 1 aliphatic rings. The highest BCUT2D eigenvalue weighted by atomic mass is 19.1. The Morgan fingerprint density at radius 1 is 1.16 bits per heavy atom. The minimum atomic E-state index is -1.04. The van der Waals surface area contributed by atoms with E-state index in [1.54, 1.807) is 24.6 Å². The summed E-state index contributed by atoms with van der Waals surface area (Å²) in [5, 5.41) is 13.5. The van der Waals surface area contributed by atoms with Crippen molar-refractivity contribution in [3.8, 4) is 22.6 Å². The topological polar surface area (TPSA) is 103 Å². The van der Waals surface area contributed by atoms with Crippen LogP contribution in [0.3, 0.4) is 0 Å². The number of aromatic nitrogens is 2. The average Bonchev–Trinajstić information content (AvgIpc) is 3.28. The van der Waals surface area contributed by atoms with Crippen LogP contribution in [0.1, 0.15) is 65.6 Å². The second-order valence-corrected chi connectivity index (χ2v) is 12.1. The molecule has 1 amide bonds. The molecule has 0 aliphatic carbocycles. The number of benzene rings is 2. The first-order chi connectivity index (χ1) is 20.4. The van der Waals surface area contributed by atoms with Gasteiger partial charge >= 0.3 is 5.97 Å². The van der Waals surface area contributed by atoms with Crippen molar-refractivity contribution in [3.63, 3.8) is 0 Å². The number of carboxylic acids is 1. The van der Waals surface area contributed by atoms with Crippen molar-refractivity contribution in [3.05, 3.63) is 75.9 Å². The van der Waals surface area contributed by atoms with Crippen molar-refractivity contribution < 1.29 is 28.6 Å². The maximum absolute atomic E-state index is 16.3. The summed E-state index contributed by atoms with van der Waals surface area (Å²) in [5.41, 5.74) is 4.59. The van der Waals surface area contributed by atoms with E-state index in [2.05, 4.69) is 5.32 Å². The van der Waals surface area contributed by atoms with Gasteiger partial charge in [-0.3, -0.25) is 9.59 Å². The number of fused-ring (bicyclic) bond motifs is 2. The van der Waals surface area contributed by atoms with Crippen LogP contribution in [-0.4, -0.2) is 45.3 Å². The van der Waals surface area contributed by atoms with Gasteiger partial charge in [-0.05, 0) is 76.6 Å². The van der Waals surface area contributed by atoms with Crippen LogP contribution in [0.2, 0.25) is 0 Å². The van der Waals surface area contributed by atoms with Crippen molar-refractivity contribution >= 4 is 22.9 Å². The Kier molecular flexibility index (Phi) is 8.18. The van der Waals surface area contributed by atoms with E-state index in [1.807, 2.05) is 58.0 Å². The lowest BCUT2D eigenvalue weighted by Gasteiger charge is -2.30. The molecular weight excluding hydrogens is 549 g/mol. The van der Waals surface area contributed by atoms with Crippen molar-refractivity contribution in [2.75, 3.05) is 13.2 Å². The van der Waals surface area contributed by atoms with Crippen LogP contribution in [0.4, 0.5) is 4.39 Å². The minimum Gasteiger partial charge on any atom is -0.490 e. The van der Waals surface area contributed by atoms with Crippen molar-refractivity contribution in [2.24, 2.45) is 7.05 Å². The zero-order valence-electron chi connectivity index (χ0n) is 25.6. The lowest BCUT2D eigenvalue weighted by Crippen LogP contribution is -2.27. The Morgan fingerprint density at radius 3 is 2.56 bits per heavy atom. The zero-order chi connectivity index (χ0) is 31.1. The smallest absolute Gasteiger partial charge is 0.307 e. The lowest BCUT2D eigenvalue weighted by molar-refractivity contribution is -0.136. The monoisotopic (exact) mass is 587 g/mol. The number of halogens is 1. The van der Waals surface area contributed by atoms with Crippen LogP contribution in [-0.2, 0) is 31.1 Å². The highest BCUT2D eigenvalue weighted by Gasteiger charge is 2.33. The minimum absolute atomic E-state index is 0.00176. The molecule has 1 aliphatic heterocycles. The van der Waals surface area contributed by atoms with Gasteiger partial charge in [-0.2, -0.15) is 4.39 Å². The predicted molar refractivity (Wildman–Crippen MR) is 164 cm³/mol. The van der Waals surface area contributed by atoms with Gasteiger partial charge in [-0.15, -0.1) is 0 Å². The summed E-state index contributed by atoms with van der Waals surface area (Å²) in [6, 6.07) is 11.6. The first kappa shape index (κ1) is 30.1. The number of hydrogen-bond donors (Lipinski definition) is 2. The molecule has 0 spiro atoms. The molecule has 9 heteroatoms. The summed E-state index contributed by atoms with van der Waals surface area (Å²) in [6.07, 6.45) is 1.69. The first-order valence-corrected chi connectivity index (χ1v) is 14.6.